The van der Waals surface area contributed by atoms with Gasteiger partial charge in [0.1, 0.15) is 0 Å². The number of rotatable bonds is 2. The molecule has 3 heterocycles. The zero-order chi connectivity index (χ0) is 19.0. The lowest BCUT2D eigenvalue weighted by Crippen LogP contribution is -2.53. The lowest BCUT2D eigenvalue weighted by Gasteiger charge is -2.38. The van der Waals surface area contributed by atoms with Crippen molar-refractivity contribution >= 4 is 36.4 Å². The first-order valence-electron chi connectivity index (χ1n) is 10.5. The Labute approximate surface area is 188 Å². The van der Waals surface area contributed by atoms with Crippen LogP contribution in [0, 0.1) is 19.3 Å². The molecule has 3 saturated heterocycles. The number of carbonyl (C=O) groups excluding carboxylic acids is 1. The fourth-order valence-electron chi connectivity index (χ4n) is 5.32. The summed E-state index contributed by atoms with van der Waals surface area (Å²) in [5.41, 5.74) is 4.39. The number of carbonyl (C=O) groups is 1. The predicted molar refractivity (Wildman–Crippen MR) is 125 cm³/mol. The van der Waals surface area contributed by atoms with Crippen molar-refractivity contribution in [1.29, 1.82) is 0 Å². The van der Waals surface area contributed by atoms with E-state index in [1.807, 2.05) is 0 Å². The molecule has 3 aliphatic rings. The maximum atomic E-state index is 13.3. The second-order valence-electron chi connectivity index (χ2n) is 8.92. The van der Waals surface area contributed by atoms with Crippen LogP contribution in [-0.4, -0.2) is 74.6 Å². The Bertz CT molecular complexity index is 700. The first kappa shape index (κ1) is 24.3. The van der Waals surface area contributed by atoms with Gasteiger partial charge in [-0.15, -0.1) is 24.8 Å². The van der Waals surface area contributed by atoms with Crippen LogP contribution in [0.3, 0.4) is 0 Å². The van der Waals surface area contributed by atoms with Gasteiger partial charge in [-0.25, -0.2) is 0 Å². The van der Waals surface area contributed by atoms with Gasteiger partial charge >= 0.3 is 0 Å². The Morgan fingerprint density at radius 1 is 1.07 bits per heavy atom. The third kappa shape index (κ3) is 4.84. The second kappa shape index (κ2) is 9.86. The summed E-state index contributed by atoms with van der Waals surface area (Å²) >= 11 is 0. The quantitative estimate of drug-likeness (QED) is 0.763. The monoisotopic (exact) mass is 442 g/mol. The lowest BCUT2D eigenvalue weighted by molar-refractivity contribution is -0.135. The number of aryl methyl sites for hydroxylation is 1. The second-order valence-corrected chi connectivity index (χ2v) is 8.92. The molecule has 3 fully saturated rings. The molecule has 1 aromatic rings. The molecule has 4 rings (SSSR count). The fourth-order valence-corrected chi connectivity index (χ4v) is 5.32. The number of hydrogen-bond acceptors (Lipinski definition) is 4. The molecular formula is C22H36Cl2N4O. The van der Waals surface area contributed by atoms with E-state index in [0.29, 0.717) is 11.3 Å². The Balaban J connectivity index is 0.00000150. The van der Waals surface area contributed by atoms with Crippen LogP contribution in [0.2, 0.25) is 0 Å². The van der Waals surface area contributed by atoms with Gasteiger partial charge in [0.2, 0.25) is 5.91 Å². The molecule has 1 N–H and O–H groups in total. The summed E-state index contributed by atoms with van der Waals surface area (Å²) in [7, 11) is 2.14. The number of nitrogens with one attached hydrogen (secondary N) is 1. The maximum absolute atomic E-state index is 13.3. The minimum Gasteiger partial charge on any atom is -0.368 e. The molecular weight excluding hydrogens is 407 g/mol. The number of piperazine rings is 1. The maximum Gasteiger partial charge on any atom is 0.240 e. The summed E-state index contributed by atoms with van der Waals surface area (Å²) in [5, 5.41) is 3.47. The number of nitrogens with zero attached hydrogens (tertiary/aromatic N) is 3. The largest absolute Gasteiger partial charge is 0.368 e. The average molecular weight is 443 g/mol. The standard InChI is InChI=1S/C22H34N4O.2ClH/c1-17-5-4-6-19(18(17)2)25-11-13-26(14-12-25)21(27)20-15-22(16-24(20)3)7-9-23-10-8-22;;/h4-6,20,23H,7-16H2,1-3H3;2*1H. The molecule has 7 heteroatoms. The number of benzene rings is 1. The SMILES string of the molecule is Cc1cccc(N2CCN(C(=O)C3CC4(CCNCC4)CN3C)CC2)c1C.Cl.Cl. The van der Waals surface area contributed by atoms with Crippen LogP contribution in [0.4, 0.5) is 5.69 Å². The highest BCUT2D eigenvalue weighted by Crippen LogP contribution is 2.41. The summed E-state index contributed by atoms with van der Waals surface area (Å²) in [5.74, 6) is 0.355. The minimum atomic E-state index is 0. The molecule has 1 spiro atoms. The summed E-state index contributed by atoms with van der Waals surface area (Å²) in [6.45, 7) is 11.2. The van der Waals surface area contributed by atoms with E-state index in [4.69, 9.17) is 0 Å². The molecule has 5 nitrogen and oxygen atoms in total. The number of amides is 1. The zero-order valence-electron chi connectivity index (χ0n) is 17.9. The highest BCUT2D eigenvalue weighted by Gasteiger charge is 2.46. The van der Waals surface area contributed by atoms with Crippen LogP contribution < -0.4 is 10.2 Å². The summed E-state index contributed by atoms with van der Waals surface area (Å²) in [6.07, 6.45) is 3.46. The van der Waals surface area contributed by atoms with E-state index < -0.39 is 0 Å². The molecule has 0 bridgehead atoms. The smallest absolute Gasteiger partial charge is 0.240 e. The van der Waals surface area contributed by atoms with E-state index in [2.05, 4.69) is 59.1 Å². The van der Waals surface area contributed by atoms with Crippen LogP contribution in [-0.2, 0) is 4.79 Å². The van der Waals surface area contributed by atoms with Crippen molar-refractivity contribution in [3.63, 3.8) is 0 Å². The van der Waals surface area contributed by atoms with Crippen molar-refractivity contribution in [3.05, 3.63) is 29.3 Å². The van der Waals surface area contributed by atoms with Crippen molar-refractivity contribution in [3.8, 4) is 0 Å². The van der Waals surface area contributed by atoms with Gasteiger partial charge in [-0.1, -0.05) is 12.1 Å². The van der Waals surface area contributed by atoms with Gasteiger partial charge in [-0.05, 0) is 75.9 Å². The third-order valence-electron chi connectivity index (χ3n) is 7.20. The van der Waals surface area contributed by atoms with Crippen molar-refractivity contribution in [2.45, 2.75) is 39.2 Å². The number of hydrogen-bond donors (Lipinski definition) is 1. The Morgan fingerprint density at radius 2 is 1.72 bits per heavy atom. The number of piperidine rings is 1. The molecule has 0 radical (unpaired) electrons. The van der Waals surface area contributed by atoms with E-state index in [9.17, 15) is 4.79 Å². The van der Waals surface area contributed by atoms with Crippen LogP contribution in [0.15, 0.2) is 18.2 Å². The average Bonchev–Trinajstić information content (AvgIpc) is 2.99. The molecule has 3 aliphatic heterocycles. The minimum absolute atomic E-state index is 0. The summed E-state index contributed by atoms with van der Waals surface area (Å²) < 4.78 is 0. The summed E-state index contributed by atoms with van der Waals surface area (Å²) in [6, 6.07) is 6.60. The Morgan fingerprint density at radius 3 is 2.38 bits per heavy atom. The number of anilines is 1. The van der Waals surface area contributed by atoms with Crippen LogP contribution in [0.5, 0.6) is 0 Å². The Kier molecular flexibility index (Phi) is 8.25. The zero-order valence-corrected chi connectivity index (χ0v) is 19.6. The van der Waals surface area contributed by atoms with E-state index >= 15 is 0 Å². The molecule has 0 aromatic heterocycles. The van der Waals surface area contributed by atoms with Gasteiger partial charge in [0.25, 0.3) is 0 Å². The van der Waals surface area contributed by atoms with Crippen LogP contribution >= 0.6 is 24.8 Å². The number of likely N-dealkylation sites (tertiary alicyclic amines) is 1. The predicted octanol–water partition coefficient (Wildman–Crippen LogP) is 2.87. The van der Waals surface area contributed by atoms with E-state index in [-0.39, 0.29) is 30.9 Å². The van der Waals surface area contributed by atoms with Crippen molar-refractivity contribution in [2.75, 3.05) is 57.8 Å². The molecule has 1 atom stereocenters. The molecule has 29 heavy (non-hydrogen) atoms. The van der Waals surface area contributed by atoms with Crippen LogP contribution in [0.25, 0.3) is 0 Å². The van der Waals surface area contributed by atoms with Crippen molar-refractivity contribution in [1.82, 2.24) is 15.1 Å². The third-order valence-corrected chi connectivity index (χ3v) is 7.20. The normalized spacial score (nSPS) is 24.2. The van der Waals surface area contributed by atoms with Crippen molar-refractivity contribution < 1.29 is 4.79 Å². The molecule has 1 unspecified atom stereocenters. The summed E-state index contributed by atoms with van der Waals surface area (Å²) in [4.78, 5) is 20.1. The molecule has 0 saturated carbocycles. The molecule has 1 aromatic carbocycles. The van der Waals surface area contributed by atoms with Gasteiger partial charge in [-0.3, -0.25) is 9.69 Å². The van der Waals surface area contributed by atoms with Gasteiger partial charge in [0.05, 0.1) is 6.04 Å². The first-order chi connectivity index (χ1) is 13.0. The van der Waals surface area contributed by atoms with Gasteiger partial charge in [-0.2, -0.15) is 0 Å². The fraction of sp³-hybridized carbons (Fsp3) is 0.682. The Hall–Kier alpha value is -1.01. The van der Waals surface area contributed by atoms with Crippen molar-refractivity contribution in [2.24, 2.45) is 5.41 Å². The lowest BCUT2D eigenvalue weighted by atomic mass is 9.77. The molecule has 164 valence electrons. The van der Waals surface area contributed by atoms with Gasteiger partial charge in [0, 0.05) is 38.4 Å². The molecule has 1 amide bonds. The van der Waals surface area contributed by atoms with Gasteiger partial charge in [0.15, 0.2) is 0 Å². The highest BCUT2D eigenvalue weighted by atomic mass is 35.5. The molecule has 0 aliphatic carbocycles. The van der Waals surface area contributed by atoms with Gasteiger partial charge < -0.3 is 15.1 Å². The van der Waals surface area contributed by atoms with Crippen LogP contribution in [0.1, 0.15) is 30.4 Å². The van der Waals surface area contributed by atoms with E-state index in [1.54, 1.807) is 0 Å². The first-order valence-corrected chi connectivity index (χ1v) is 10.5. The van der Waals surface area contributed by atoms with E-state index in [1.165, 1.54) is 29.7 Å². The number of likely N-dealkylation sites (N-methyl/N-ethyl adjacent to an activating group) is 1. The topological polar surface area (TPSA) is 38.8 Å². The number of halogens is 2. The van der Waals surface area contributed by atoms with E-state index in [0.717, 1.165) is 52.2 Å². The highest BCUT2D eigenvalue weighted by molar-refractivity contribution is 5.85.